The number of nitrogens with one attached hydrogen (secondary N) is 2. The Hall–Kier alpha value is -2.38. The third-order valence-electron chi connectivity index (χ3n) is 4.66. The van der Waals surface area contributed by atoms with Crippen LogP contribution in [0.15, 0.2) is 30.3 Å². The number of benzene rings is 1. The van der Waals surface area contributed by atoms with Gasteiger partial charge in [0, 0.05) is 29.9 Å². The van der Waals surface area contributed by atoms with Crippen LogP contribution < -0.4 is 15.5 Å². The standard InChI is InChI=1S/C19H22ClN5O2/c1-12-11-27-9-8-25(12)18-23-16(10-17(20)24-18)13-2-4-14(5-3-13)21-19(26)22-15-6-7-15/h2-5,10,12,15H,6-9,11H2,1H3,(H2,21,22,26)/t12-/m0/s1. The minimum Gasteiger partial charge on any atom is -0.377 e. The smallest absolute Gasteiger partial charge is 0.319 e. The van der Waals surface area contributed by atoms with Gasteiger partial charge in [-0.1, -0.05) is 23.7 Å². The van der Waals surface area contributed by atoms with Crippen LogP contribution in [-0.4, -0.2) is 47.8 Å². The van der Waals surface area contributed by atoms with Gasteiger partial charge in [-0.3, -0.25) is 0 Å². The summed E-state index contributed by atoms with van der Waals surface area (Å²) in [6.45, 7) is 4.11. The maximum Gasteiger partial charge on any atom is 0.319 e. The second-order valence-corrected chi connectivity index (χ2v) is 7.33. The van der Waals surface area contributed by atoms with Crippen molar-refractivity contribution < 1.29 is 9.53 Å². The maximum atomic E-state index is 11.8. The molecule has 4 rings (SSSR count). The van der Waals surface area contributed by atoms with Crippen LogP contribution in [-0.2, 0) is 4.74 Å². The minimum atomic E-state index is -0.168. The Kier molecular flexibility index (Phi) is 5.13. The lowest BCUT2D eigenvalue weighted by Crippen LogP contribution is -2.44. The number of carbonyl (C=O) groups excluding carboxylic acids is 1. The van der Waals surface area contributed by atoms with Crippen molar-refractivity contribution in [3.05, 3.63) is 35.5 Å². The molecule has 1 aromatic heterocycles. The Morgan fingerprint density at radius 1 is 1.26 bits per heavy atom. The first-order chi connectivity index (χ1) is 13.1. The van der Waals surface area contributed by atoms with Crippen molar-refractivity contribution in [3.8, 4) is 11.3 Å². The van der Waals surface area contributed by atoms with Gasteiger partial charge >= 0.3 is 6.03 Å². The van der Waals surface area contributed by atoms with Gasteiger partial charge in [0.05, 0.1) is 24.9 Å². The van der Waals surface area contributed by atoms with Crippen LogP contribution in [0.5, 0.6) is 0 Å². The Bertz CT molecular complexity index is 825. The summed E-state index contributed by atoms with van der Waals surface area (Å²) in [5.41, 5.74) is 2.39. The zero-order chi connectivity index (χ0) is 18.8. The molecule has 1 aliphatic carbocycles. The van der Waals surface area contributed by atoms with E-state index in [1.165, 1.54) is 0 Å². The number of urea groups is 1. The van der Waals surface area contributed by atoms with E-state index in [2.05, 4.69) is 27.4 Å². The second kappa shape index (κ2) is 7.70. The number of ether oxygens (including phenoxy) is 1. The van der Waals surface area contributed by atoms with Gasteiger partial charge in [-0.25, -0.2) is 14.8 Å². The van der Waals surface area contributed by atoms with E-state index in [-0.39, 0.29) is 12.1 Å². The number of hydrogen-bond donors (Lipinski definition) is 2. The normalized spacial score (nSPS) is 19.6. The van der Waals surface area contributed by atoms with Crippen LogP contribution in [0.2, 0.25) is 5.15 Å². The quantitative estimate of drug-likeness (QED) is 0.787. The van der Waals surface area contributed by atoms with E-state index in [4.69, 9.17) is 21.3 Å². The van der Waals surface area contributed by atoms with E-state index in [0.717, 1.165) is 36.3 Å². The van der Waals surface area contributed by atoms with E-state index in [0.29, 0.717) is 30.4 Å². The predicted octanol–water partition coefficient (Wildman–Crippen LogP) is 3.31. The Balaban J connectivity index is 1.51. The average Bonchev–Trinajstić information content (AvgIpc) is 3.46. The summed E-state index contributed by atoms with van der Waals surface area (Å²) in [5.74, 6) is 0.610. The summed E-state index contributed by atoms with van der Waals surface area (Å²) in [4.78, 5) is 23.0. The summed E-state index contributed by atoms with van der Waals surface area (Å²) < 4.78 is 5.48. The fourth-order valence-corrected chi connectivity index (χ4v) is 3.19. The lowest BCUT2D eigenvalue weighted by atomic mass is 10.1. The molecule has 1 saturated heterocycles. The predicted molar refractivity (Wildman–Crippen MR) is 105 cm³/mol. The largest absolute Gasteiger partial charge is 0.377 e. The highest BCUT2D eigenvalue weighted by Gasteiger charge is 2.23. The Morgan fingerprint density at radius 2 is 2.04 bits per heavy atom. The first-order valence-corrected chi connectivity index (χ1v) is 9.53. The van der Waals surface area contributed by atoms with Crippen LogP contribution in [0.4, 0.5) is 16.4 Å². The minimum absolute atomic E-state index is 0.168. The van der Waals surface area contributed by atoms with Crippen LogP contribution in [0, 0.1) is 0 Å². The molecule has 0 radical (unpaired) electrons. The number of carbonyl (C=O) groups is 1. The monoisotopic (exact) mass is 387 g/mol. The van der Waals surface area contributed by atoms with Crippen molar-refractivity contribution in [3.63, 3.8) is 0 Å². The Labute approximate surface area is 163 Å². The van der Waals surface area contributed by atoms with E-state index in [9.17, 15) is 4.79 Å². The lowest BCUT2D eigenvalue weighted by molar-refractivity contribution is 0.0981. The third-order valence-corrected chi connectivity index (χ3v) is 4.85. The van der Waals surface area contributed by atoms with Gasteiger partial charge < -0.3 is 20.3 Å². The molecule has 1 saturated carbocycles. The molecule has 27 heavy (non-hydrogen) atoms. The van der Waals surface area contributed by atoms with Crippen molar-refractivity contribution in [2.45, 2.75) is 31.8 Å². The first kappa shape index (κ1) is 18.0. The molecular formula is C19H22ClN5O2. The van der Waals surface area contributed by atoms with Crippen LogP contribution in [0.1, 0.15) is 19.8 Å². The van der Waals surface area contributed by atoms with Crippen molar-refractivity contribution in [2.75, 3.05) is 30.0 Å². The third kappa shape index (κ3) is 4.48. The molecular weight excluding hydrogens is 366 g/mol. The summed E-state index contributed by atoms with van der Waals surface area (Å²) in [7, 11) is 0. The molecule has 2 aliphatic rings. The van der Waals surface area contributed by atoms with Gasteiger partial charge in [0.2, 0.25) is 5.95 Å². The van der Waals surface area contributed by atoms with Crippen LogP contribution >= 0.6 is 11.6 Å². The highest BCUT2D eigenvalue weighted by molar-refractivity contribution is 6.29. The highest BCUT2D eigenvalue weighted by atomic mass is 35.5. The molecule has 2 fully saturated rings. The number of halogens is 1. The van der Waals surface area contributed by atoms with Crippen molar-refractivity contribution in [1.82, 2.24) is 15.3 Å². The number of morpholine rings is 1. The van der Waals surface area contributed by atoms with E-state index < -0.39 is 0 Å². The molecule has 2 N–H and O–H groups in total. The fourth-order valence-electron chi connectivity index (χ4n) is 3.01. The van der Waals surface area contributed by atoms with Crippen LogP contribution in [0.25, 0.3) is 11.3 Å². The number of nitrogens with zero attached hydrogens (tertiary/aromatic N) is 3. The van der Waals surface area contributed by atoms with E-state index >= 15 is 0 Å². The molecule has 2 heterocycles. The molecule has 0 spiro atoms. The molecule has 1 aromatic carbocycles. The number of anilines is 2. The molecule has 2 amide bonds. The van der Waals surface area contributed by atoms with Gasteiger partial charge in [0.25, 0.3) is 0 Å². The van der Waals surface area contributed by atoms with Crippen molar-refractivity contribution >= 4 is 29.3 Å². The molecule has 0 unspecified atom stereocenters. The highest BCUT2D eigenvalue weighted by Crippen LogP contribution is 2.26. The van der Waals surface area contributed by atoms with Crippen molar-refractivity contribution in [2.24, 2.45) is 0 Å². The molecule has 142 valence electrons. The van der Waals surface area contributed by atoms with E-state index in [1.807, 2.05) is 24.3 Å². The number of hydrogen-bond acceptors (Lipinski definition) is 5. The first-order valence-electron chi connectivity index (χ1n) is 9.15. The Morgan fingerprint density at radius 3 is 2.74 bits per heavy atom. The van der Waals surface area contributed by atoms with Gasteiger partial charge in [-0.2, -0.15) is 0 Å². The SMILES string of the molecule is C[C@H]1COCCN1c1nc(Cl)cc(-c2ccc(NC(=O)NC3CC3)cc2)n1. The fraction of sp³-hybridized carbons (Fsp3) is 0.421. The maximum absolute atomic E-state index is 11.8. The number of aromatic nitrogens is 2. The van der Waals surface area contributed by atoms with Gasteiger partial charge in [-0.15, -0.1) is 0 Å². The summed E-state index contributed by atoms with van der Waals surface area (Å²) in [6.07, 6.45) is 2.12. The van der Waals surface area contributed by atoms with Gasteiger partial charge in [-0.05, 0) is 31.9 Å². The molecule has 7 nitrogen and oxygen atoms in total. The van der Waals surface area contributed by atoms with E-state index in [1.54, 1.807) is 6.07 Å². The second-order valence-electron chi connectivity index (χ2n) is 6.94. The van der Waals surface area contributed by atoms with Gasteiger partial charge in [0.1, 0.15) is 5.15 Å². The molecule has 0 bridgehead atoms. The average molecular weight is 388 g/mol. The summed E-state index contributed by atoms with van der Waals surface area (Å²) >= 11 is 6.25. The topological polar surface area (TPSA) is 79.4 Å². The van der Waals surface area contributed by atoms with Crippen molar-refractivity contribution in [1.29, 1.82) is 0 Å². The molecule has 2 aromatic rings. The molecule has 8 heteroatoms. The molecule has 1 aliphatic heterocycles. The number of amides is 2. The van der Waals surface area contributed by atoms with Crippen LogP contribution in [0.3, 0.4) is 0 Å². The van der Waals surface area contributed by atoms with Gasteiger partial charge in [0.15, 0.2) is 0 Å². The summed E-state index contributed by atoms with van der Waals surface area (Å²) in [5, 5.41) is 6.14. The zero-order valence-corrected chi connectivity index (χ0v) is 15.9. The number of rotatable bonds is 4. The lowest BCUT2D eigenvalue weighted by Gasteiger charge is -2.33. The molecule has 1 atom stereocenters. The summed E-state index contributed by atoms with van der Waals surface area (Å²) in [6, 6.07) is 9.65. The zero-order valence-electron chi connectivity index (χ0n) is 15.1.